The fourth-order valence-electron chi connectivity index (χ4n) is 7.75. The summed E-state index contributed by atoms with van der Waals surface area (Å²) in [5, 5.41) is 9.59. The van der Waals surface area contributed by atoms with Crippen LogP contribution < -0.4 is 0 Å². The smallest absolute Gasteiger partial charge is 0.161 e. The Morgan fingerprint density at radius 1 is 0.580 bits per heavy atom. The first-order valence-corrected chi connectivity index (χ1v) is 18.3. The molecule has 0 saturated carbocycles. The molecule has 0 atom stereocenters. The summed E-state index contributed by atoms with van der Waals surface area (Å²) in [7, 11) is 0. The summed E-state index contributed by atoms with van der Waals surface area (Å²) >= 11 is 5.78. The van der Waals surface area contributed by atoms with E-state index in [4.69, 9.17) is 9.40 Å². The monoisotopic (exact) mass is 720 g/mol. The van der Waals surface area contributed by atoms with Crippen molar-refractivity contribution in [2.24, 2.45) is 0 Å². The Balaban J connectivity index is 1.14. The number of aromatic nitrogens is 2. The van der Waals surface area contributed by atoms with Crippen molar-refractivity contribution in [3.05, 3.63) is 156 Å². The first kappa shape index (κ1) is 28.1. The van der Waals surface area contributed by atoms with E-state index in [1.807, 2.05) is 23.5 Å². The summed E-state index contributed by atoms with van der Waals surface area (Å²) in [6.45, 7) is 0. The lowest BCUT2D eigenvalue weighted by atomic mass is 10.0. The summed E-state index contributed by atoms with van der Waals surface area (Å²) in [5.41, 5.74) is 9.06. The molecule has 0 bridgehead atoms. The molecule has 0 N–H and O–H groups in total. The second-order valence-corrected chi connectivity index (χ2v) is 14.8. The van der Waals surface area contributed by atoms with Crippen molar-refractivity contribution in [1.82, 2.24) is 9.55 Å². The van der Waals surface area contributed by atoms with Gasteiger partial charge in [0.1, 0.15) is 11.3 Å². The lowest BCUT2D eigenvalue weighted by Gasteiger charge is -2.12. The molecule has 0 aliphatic carbocycles. The van der Waals surface area contributed by atoms with Crippen LogP contribution in [0.2, 0.25) is 0 Å². The molecule has 0 spiro atoms. The zero-order chi connectivity index (χ0) is 32.9. The molecule has 0 aliphatic rings. The molecule has 0 amide bonds. The van der Waals surface area contributed by atoms with Crippen molar-refractivity contribution >= 4 is 102 Å². The number of furan rings is 1. The maximum Gasteiger partial charge on any atom is 0.161 e. The van der Waals surface area contributed by atoms with Crippen molar-refractivity contribution in [3.63, 3.8) is 0 Å². The van der Waals surface area contributed by atoms with Gasteiger partial charge in [-0.2, -0.15) is 0 Å². The number of hydrogen-bond acceptors (Lipinski definition) is 3. The normalized spacial score (nSPS) is 12.1. The number of rotatable bonds is 3. The third-order valence-electron chi connectivity index (χ3n) is 10.0. The number of halogens is 1. The first-order chi connectivity index (χ1) is 24.7. The van der Waals surface area contributed by atoms with Gasteiger partial charge in [-0.25, -0.2) is 4.98 Å². The highest BCUT2D eigenvalue weighted by atomic mass is 79.9. The van der Waals surface area contributed by atoms with E-state index in [-0.39, 0.29) is 0 Å². The van der Waals surface area contributed by atoms with Crippen molar-refractivity contribution in [2.75, 3.05) is 0 Å². The van der Waals surface area contributed by atoms with Crippen molar-refractivity contribution in [2.45, 2.75) is 0 Å². The molecule has 4 aromatic heterocycles. The SMILES string of the molecule is Brc1cc2c3ccccc3n(-c3ccc(-c4cc5c(oc6ccccc65)c(-c5ccc6ccccc6c5)n4)cc3)c2c2c1sc1ccccc12. The van der Waals surface area contributed by atoms with Gasteiger partial charge in [0.25, 0.3) is 0 Å². The molecule has 0 unspecified atom stereocenters. The minimum atomic E-state index is 0.810. The number of hydrogen-bond donors (Lipinski definition) is 0. The molecule has 11 aromatic rings. The molecule has 11 rings (SSSR count). The molecule has 50 heavy (non-hydrogen) atoms. The number of fused-ring (bicyclic) bond motifs is 11. The highest BCUT2D eigenvalue weighted by molar-refractivity contribution is 9.10. The van der Waals surface area contributed by atoms with Crippen LogP contribution in [0.3, 0.4) is 0 Å². The Morgan fingerprint density at radius 2 is 1.30 bits per heavy atom. The Kier molecular flexibility index (Phi) is 5.98. The van der Waals surface area contributed by atoms with Crippen molar-refractivity contribution in [1.29, 1.82) is 0 Å². The van der Waals surface area contributed by atoms with Crippen LogP contribution >= 0.6 is 27.3 Å². The fourth-order valence-corrected chi connectivity index (χ4v) is 9.53. The van der Waals surface area contributed by atoms with Gasteiger partial charge in [-0.3, -0.25) is 0 Å². The highest BCUT2D eigenvalue weighted by Gasteiger charge is 2.21. The zero-order valence-corrected chi connectivity index (χ0v) is 28.9. The van der Waals surface area contributed by atoms with Crippen LogP contribution in [-0.4, -0.2) is 9.55 Å². The number of nitrogens with zero attached hydrogens (tertiary/aromatic N) is 2. The van der Waals surface area contributed by atoms with Gasteiger partial charge < -0.3 is 8.98 Å². The molecule has 7 aromatic carbocycles. The van der Waals surface area contributed by atoms with E-state index < -0.39 is 0 Å². The lowest BCUT2D eigenvalue weighted by molar-refractivity contribution is 0.668. The summed E-state index contributed by atoms with van der Waals surface area (Å²) in [5.74, 6) is 0. The minimum Gasteiger partial charge on any atom is -0.454 e. The molecule has 3 nitrogen and oxygen atoms in total. The van der Waals surface area contributed by atoms with Gasteiger partial charge in [0, 0.05) is 58.3 Å². The molecule has 5 heteroatoms. The predicted molar refractivity (Wildman–Crippen MR) is 215 cm³/mol. The Labute approximate surface area is 298 Å². The summed E-state index contributed by atoms with van der Waals surface area (Å²) in [6, 6.07) is 54.1. The van der Waals surface area contributed by atoms with E-state index in [0.29, 0.717) is 0 Å². The van der Waals surface area contributed by atoms with Gasteiger partial charge in [0.05, 0.1) is 21.4 Å². The van der Waals surface area contributed by atoms with Crippen LogP contribution in [0.5, 0.6) is 0 Å². The van der Waals surface area contributed by atoms with Gasteiger partial charge in [-0.15, -0.1) is 11.3 Å². The van der Waals surface area contributed by atoms with Crippen molar-refractivity contribution in [3.8, 4) is 28.2 Å². The lowest BCUT2D eigenvalue weighted by Crippen LogP contribution is -1.95. The molecule has 4 heterocycles. The van der Waals surface area contributed by atoms with E-state index >= 15 is 0 Å². The average molecular weight is 722 g/mol. The standard InChI is InChI=1S/C45H25BrN2OS/c46-36-24-34-31-11-3-6-14-38(31)48(43(34)41-33-13-5-8-16-40(33)50-45(36)41)30-21-19-27(20-22-30)37-25-35-32-12-4-7-15-39(32)49-44(35)42(47-37)29-18-17-26-9-1-2-10-28(26)23-29/h1-25H. The van der Waals surface area contributed by atoms with E-state index in [2.05, 4.69) is 160 Å². The highest BCUT2D eigenvalue weighted by Crippen LogP contribution is 2.46. The van der Waals surface area contributed by atoms with Gasteiger partial charge in [-0.05, 0) is 75.2 Å². The Bertz CT molecular complexity index is 3170. The summed E-state index contributed by atoms with van der Waals surface area (Å²) in [6.07, 6.45) is 0. The molecule has 0 fully saturated rings. The summed E-state index contributed by atoms with van der Waals surface area (Å²) in [4.78, 5) is 5.31. The minimum absolute atomic E-state index is 0.810. The molecule has 0 aliphatic heterocycles. The van der Waals surface area contributed by atoms with Crippen LogP contribution in [-0.2, 0) is 0 Å². The maximum atomic E-state index is 6.49. The topological polar surface area (TPSA) is 31.0 Å². The molecule has 234 valence electrons. The average Bonchev–Trinajstić information content (AvgIpc) is 3.85. The van der Waals surface area contributed by atoms with E-state index in [1.54, 1.807) is 0 Å². The second kappa shape index (κ2) is 10.6. The largest absolute Gasteiger partial charge is 0.454 e. The molecular weight excluding hydrogens is 696 g/mol. The number of thiophene rings is 1. The van der Waals surface area contributed by atoms with Crippen molar-refractivity contribution < 1.29 is 4.42 Å². The summed E-state index contributed by atoms with van der Waals surface area (Å²) < 4.78 is 12.6. The number of para-hydroxylation sites is 2. The van der Waals surface area contributed by atoms with Gasteiger partial charge in [0.2, 0.25) is 0 Å². The van der Waals surface area contributed by atoms with Gasteiger partial charge in [-0.1, -0.05) is 103 Å². The van der Waals surface area contributed by atoms with Crippen LogP contribution in [0.25, 0.3) is 103 Å². The Morgan fingerprint density at radius 3 is 2.18 bits per heavy atom. The van der Waals surface area contributed by atoms with E-state index in [1.165, 1.54) is 52.8 Å². The third kappa shape index (κ3) is 4.05. The van der Waals surface area contributed by atoms with Gasteiger partial charge >= 0.3 is 0 Å². The number of pyridine rings is 1. The first-order valence-electron chi connectivity index (χ1n) is 16.6. The Hall–Kier alpha value is -5.75. The quantitative estimate of drug-likeness (QED) is 0.182. The van der Waals surface area contributed by atoms with Crippen LogP contribution in [0, 0.1) is 0 Å². The van der Waals surface area contributed by atoms with Crippen LogP contribution in [0.4, 0.5) is 0 Å². The van der Waals surface area contributed by atoms with E-state index in [0.717, 1.165) is 54.6 Å². The number of benzene rings is 7. The molecule has 0 saturated heterocycles. The molecular formula is C45H25BrN2OS. The van der Waals surface area contributed by atoms with Gasteiger partial charge in [0.15, 0.2) is 5.58 Å². The predicted octanol–water partition coefficient (Wildman–Crippen LogP) is 13.7. The van der Waals surface area contributed by atoms with Crippen LogP contribution in [0.1, 0.15) is 0 Å². The molecule has 0 radical (unpaired) electrons. The fraction of sp³-hybridized carbons (Fsp3) is 0. The second-order valence-electron chi connectivity index (χ2n) is 12.8. The maximum absolute atomic E-state index is 6.49. The van der Waals surface area contributed by atoms with Crippen LogP contribution in [0.15, 0.2) is 161 Å². The van der Waals surface area contributed by atoms with E-state index in [9.17, 15) is 0 Å². The third-order valence-corrected chi connectivity index (χ3v) is 12.1. The zero-order valence-electron chi connectivity index (χ0n) is 26.5.